The van der Waals surface area contributed by atoms with Crippen molar-refractivity contribution in [3.05, 3.63) is 75.3 Å². The zero-order valence-electron chi connectivity index (χ0n) is 11.2. The number of hydrogen-bond acceptors (Lipinski definition) is 2. The van der Waals surface area contributed by atoms with E-state index in [9.17, 15) is 14.0 Å². The molecule has 2 N–H and O–H groups in total. The molecule has 0 unspecified atom stereocenters. The Kier molecular flexibility index (Phi) is 3.65. The van der Waals surface area contributed by atoms with Gasteiger partial charge in [0.05, 0.1) is 5.69 Å². The van der Waals surface area contributed by atoms with Gasteiger partial charge in [-0.2, -0.15) is 0 Å². The van der Waals surface area contributed by atoms with Gasteiger partial charge < -0.3 is 10.3 Å². The smallest absolute Gasteiger partial charge is 0.261 e. The number of hydrogen-bond donors (Lipinski definition) is 2. The molecule has 0 bridgehead atoms. The van der Waals surface area contributed by atoms with Crippen LogP contribution in [0.2, 0.25) is 5.02 Å². The summed E-state index contributed by atoms with van der Waals surface area (Å²) in [5.41, 5.74) is -0.00181. The molecule has 0 fully saturated rings. The summed E-state index contributed by atoms with van der Waals surface area (Å²) in [6.45, 7) is 0. The number of nitrogens with one attached hydrogen (secondary N) is 2. The van der Waals surface area contributed by atoms with Gasteiger partial charge in [0.25, 0.3) is 5.91 Å². The molecule has 0 radical (unpaired) electrons. The highest BCUT2D eigenvalue weighted by molar-refractivity contribution is 6.31. The maximum Gasteiger partial charge on any atom is 0.261 e. The van der Waals surface area contributed by atoms with Crippen LogP contribution in [0.25, 0.3) is 10.9 Å². The van der Waals surface area contributed by atoms with Gasteiger partial charge in [0, 0.05) is 22.1 Å². The first-order valence-electron chi connectivity index (χ1n) is 6.43. The second kappa shape index (κ2) is 5.61. The number of benzene rings is 2. The average molecular weight is 317 g/mol. The molecule has 0 aliphatic rings. The molecule has 110 valence electrons. The summed E-state index contributed by atoms with van der Waals surface area (Å²) in [6, 6.07) is 10.5. The highest BCUT2D eigenvalue weighted by Gasteiger charge is 2.14. The Labute approximate surface area is 129 Å². The lowest BCUT2D eigenvalue weighted by Crippen LogP contribution is -2.22. The van der Waals surface area contributed by atoms with Crippen LogP contribution < -0.4 is 10.7 Å². The second-order valence-corrected chi connectivity index (χ2v) is 5.09. The Balaban J connectivity index is 2.03. The number of carbonyl (C=O) groups is 1. The summed E-state index contributed by atoms with van der Waals surface area (Å²) in [4.78, 5) is 27.4. The number of halogens is 2. The van der Waals surface area contributed by atoms with Crippen LogP contribution in [0.15, 0.2) is 53.5 Å². The lowest BCUT2D eigenvalue weighted by molar-refractivity contribution is 0.102. The van der Waals surface area contributed by atoms with Gasteiger partial charge in [-0.05, 0) is 30.3 Å². The van der Waals surface area contributed by atoms with Crippen molar-refractivity contribution >= 4 is 34.1 Å². The van der Waals surface area contributed by atoms with E-state index in [-0.39, 0.29) is 11.3 Å². The van der Waals surface area contributed by atoms with Crippen LogP contribution in [0.4, 0.5) is 10.1 Å². The molecule has 0 spiro atoms. The van der Waals surface area contributed by atoms with Crippen LogP contribution in [-0.4, -0.2) is 10.9 Å². The number of carbonyl (C=O) groups excluding carboxylic acids is 1. The molecular formula is C16H10ClFN2O2. The Morgan fingerprint density at radius 3 is 2.73 bits per heavy atom. The molecule has 0 aliphatic heterocycles. The summed E-state index contributed by atoms with van der Waals surface area (Å²) in [5, 5.41) is 3.07. The van der Waals surface area contributed by atoms with E-state index >= 15 is 0 Å². The molecular weight excluding hydrogens is 307 g/mol. The summed E-state index contributed by atoms with van der Waals surface area (Å²) in [7, 11) is 0. The van der Waals surface area contributed by atoms with Crippen LogP contribution in [-0.2, 0) is 0 Å². The maximum atomic E-state index is 13.6. The molecule has 0 atom stereocenters. The minimum absolute atomic E-state index is 0.0121. The van der Waals surface area contributed by atoms with Gasteiger partial charge in [0.1, 0.15) is 11.4 Å². The van der Waals surface area contributed by atoms with Crippen molar-refractivity contribution in [1.82, 2.24) is 4.98 Å². The first-order chi connectivity index (χ1) is 10.6. The quantitative estimate of drug-likeness (QED) is 0.759. The summed E-state index contributed by atoms with van der Waals surface area (Å²) in [5.74, 6) is -1.26. The van der Waals surface area contributed by atoms with Gasteiger partial charge in [0.15, 0.2) is 0 Å². The van der Waals surface area contributed by atoms with E-state index in [1.807, 2.05) is 0 Å². The Bertz CT molecular complexity index is 937. The summed E-state index contributed by atoms with van der Waals surface area (Å²) >= 11 is 5.87. The average Bonchev–Trinajstić information content (AvgIpc) is 2.50. The van der Waals surface area contributed by atoms with E-state index in [1.165, 1.54) is 30.5 Å². The van der Waals surface area contributed by atoms with Gasteiger partial charge in [-0.25, -0.2) is 4.39 Å². The van der Waals surface area contributed by atoms with E-state index in [1.54, 1.807) is 18.2 Å². The Morgan fingerprint density at radius 1 is 1.18 bits per heavy atom. The maximum absolute atomic E-state index is 13.6. The number of amides is 1. The largest absolute Gasteiger partial charge is 0.360 e. The highest BCUT2D eigenvalue weighted by Crippen LogP contribution is 2.16. The first-order valence-corrected chi connectivity index (χ1v) is 6.81. The summed E-state index contributed by atoms with van der Waals surface area (Å²) in [6.07, 6.45) is 1.30. The topological polar surface area (TPSA) is 62.0 Å². The fourth-order valence-corrected chi connectivity index (χ4v) is 2.28. The third-order valence-electron chi connectivity index (χ3n) is 3.21. The minimum Gasteiger partial charge on any atom is -0.360 e. The number of pyridine rings is 1. The van der Waals surface area contributed by atoms with Gasteiger partial charge in [0.2, 0.25) is 5.43 Å². The molecule has 2 aromatic carbocycles. The second-order valence-electron chi connectivity index (χ2n) is 4.66. The number of para-hydroxylation sites is 1. The first kappa shape index (κ1) is 14.3. The molecule has 1 heterocycles. The number of aromatic nitrogens is 1. The van der Waals surface area contributed by atoms with E-state index < -0.39 is 17.2 Å². The van der Waals surface area contributed by atoms with E-state index in [2.05, 4.69) is 10.3 Å². The summed E-state index contributed by atoms with van der Waals surface area (Å²) < 4.78 is 13.6. The van der Waals surface area contributed by atoms with Crippen LogP contribution in [0.1, 0.15) is 10.4 Å². The van der Waals surface area contributed by atoms with E-state index in [0.717, 1.165) is 0 Å². The molecule has 22 heavy (non-hydrogen) atoms. The number of anilines is 1. The van der Waals surface area contributed by atoms with Gasteiger partial charge >= 0.3 is 0 Å². The van der Waals surface area contributed by atoms with E-state index in [0.29, 0.717) is 15.9 Å². The molecule has 0 saturated heterocycles. The molecule has 3 rings (SSSR count). The van der Waals surface area contributed by atoms with Crippen LogP contribution in [0, 0.1) is 5.82 Å². The standard InChI is InChI=1S/C16H10ClFN2O2/c17-9-5-6-13-10(7-9)15(21)11(8-19-13)16(22)20-14-4-2-1-3-12(14)18/h1-8H,(H,19,21)(H,20,22). The fraction of sp³-hybridized carbons (Fsp3) is 0. The highest BCUT2D eigenvalue weighted by atomic mass is 35.5. The number of rotatable bonds is 2. The number of fused-ring (bicyclic) bond motifs is 1. The van der Waals surface area contributed by atoms with Crippen molar-refractivity contribution in [3.63, 3.8) is 0 Å². The number of H-pyrrole nitrogens is 1. The normalized spacial score (nSPS) is 10.6. The zero-order valence-corrected chi connectivity index (χ0v) is 11.9. The molecule has 0 aliphatic carbocycles. The van der Waals surface area contributed by atoms with Crippen molar-refractivity contribution in [1.29, 1.82) is 0 Å². The van der Waals surface area contributed by atoms with Crippen molar-refractivity contribution in [3.8, 4) is 0 Å². The van der Waals surface area contributed by atoms with Gasteiger partial charge in [-0.3, -0.25) is 9.59 Å². The lowest BCUT2D eigenvalue weighted by Gasteiger charge is -2.07. The predicted octanol–water partition coefficient (Wildman–Crippen LogP) is 3.57. The third-order valence-corrected chi connectivity index (χ3v) is 3.44. The van der Waals surface area contributed by atoms with Crippen LogP contribution in [0.5, 0.6) is 0 Å². The Hall–Kier alpha value is -2.66. The third kappa shape index (κ3) is 2.58. The van der Waals surface area contributed by atoms with Crippen LogP contribution >= 0.6 is 11.6 Å². The molecule has 0 saturated carbocycles. The fourth-order valence-electron chi connectivity index (χ4n) is 2.11. The predicted molar refractivity (Wildman–Crippen MR) is 83.9 cm³/mol. The molecule has 1 aromatic heterocycles. The molecule has 3 aromatic rings. The van der Waals surface area contributed by atoms with Crippen LogP contribution in [0.3, 0.4) is 0 Å². The van der Waals surface area contributed by atoms with Gasteiger partial charge in [-0.15, -0.1) is 0 Å². The van der Waals surface area contributed by atoms with Crippen molar-refractivity contribution in [2.24, 2.45) is 0 Å². The molecule has 4 nitrogen and oxygen atoms in total. The van der Waals surface area contributed by atoms with Crippen molar-refractivity contribution in [2.45, 2.75) is 0 Å². The van der Waals surface area contributed by atoms with Gasteiger partial charge in [-0.1, -0.05) is 23.7 Å². The number of aromatic amines is 1. The SMILES string of the molecule is O=C(Nc1ccccc1F)c1c[nH]c2ccc(Cl)cc2c1=O. The monoisotopic (exact) mass is 316 g/mol. The Morgan fingerprint density at radius 2 is 1.95 bits per heavy atom. The van der Waals surface area contributed by atoms with E-state index in [4.69, 9.17) is 11.6 Å². The zero-order chi connectivity index (χ0) is 15.7. The molecule has 6 heteroatoms. The lowest BCUT2D eigenvalue weighted by atomic mass is 10.1. The molecule has 1 amide bonds. The minimum atomic E-state index is -0.687. The van der Waals surface area contributed by atoms with Crippen molar-refractivity contribution in [2.75, 3.05) is 5.32 Å². The van der Waals surface area contributed by atoms with Crippen molar-refractivity contribution < 1.29 is 9.18 Å².